The van der Waals surface area contributed by atoms with Crippen LogP contribution in [0.15, 0.2) is 292 Å². The molecule has 80 heavy (non-hydrogen) atoms. The molecule has 0 N–H and O–H groups in total. The Kier molecular flexibility index (Phi) is 15.4. The van der Waals surface area contributed by atoms with Gasteiger partial charge in [0.2, 0.25) is 0 Å². The molecule has 15 rings (SSSR count). The molecule has 8 heteroatoms. The van der Waals surface area contributed by atoms with Gasteiger partial charge in [-0.25, -0.2) is 15.0 Å². The lowest BCUT2D eigenvalue weighted by Crippen LogP contribution is -1.92. The van der Waals surface area contributed by atoms with Crippen molar-refractivity contribution in [3.63, 3.8) is 0 Å². The number of halogens is 2. The number of nitrogens with zero attached hydrogens (tertiary/aromatic N) is 6. The first-order valence-electron chi connectivity index (χ1n) is 26.1. The molecule has 6 aromatic heterocycles. The molecule has 0 fully saturated rings. The Balaban J connectivity index is 0.000000125. The molecule has 0 bridgehead atoms. The Morgan fingerprint density at radius 3 is 0.700 bits per heavy atom. The summed E-state index contributed by atoms with van der Waals surface area (Å²) in [4.78, 5) is 28.8. The fraction of sp³-hybridized carbons (Fsp3) is 0. The predicted octanol–water partition coefficient (Wildman–Crippen LogP) is 19.2. The van der Waals surface area contributed by atoms with Crippen LogP contribution >= 0.6 is 24.8 Å². The van der Waals surface area contributed by atoms with Gasteiger partial charge in [0.05, 0.1) is 50.2 Å². The third kappa shape index (κ3) is 10.6. The van der Waals surface area contributed by atoms with Crippen molar-refractivity contribution in [1.29, 1.82) is 0 Å². The smallest absolute Gasteiger partial charge is 0.0804 e. The highest BCUT2D eigenvalue weighted by molar-refractivity contribution is 6.09. The third-order valence-corrected chi connectivity index (χ3v) is 14.1. The van der Waals surface area contributed by atoms with Gasteiger partial charge in [0, 0.05) is 84.3 Å². The zero-order valence-electron chi connectivity index (χ0n) is 43.2. The maximum Gasteiger partial charge on any atom is 0.0804 e. The third-order valence-electron chi connectivity index (χ3n) is 14.1. The Morgan fingerprint density at radius 2 is 0.450 bits per heavy atom. The van der Waals surface area contributed by atoms with Gasteiger partial charge in [-0.3, -0.25) is 15.0 Å². The van der Waals surface area contributed by atoms with E-state index in [0.717, 1.165) is 116 Å². The fourth-order valence-electron chi connectivity index (χ4n) is 10.3. The van der Waals surface area contributed by atoms with Crippen LogP contribution in [0.1, 0.15) is 0 Å². The van der Waals surface area contributed by atoms with Gasteiger partial charge >= 0.3 is 0 Å². The van der Waals surface area contributed by atoms with E-state index in [1.165, 1.54) is 16.7 Å². The van der Waals surface area contributed by atoms with Crippen LogP contribution in [0, 0.1) is 0 Å². The van der Waals surface area contributed by atoms with Crippen molar-refractivity contribution in [3.05, 3.63) is 292 Å². The maximum atomic E-state index is 5.11. The summed E-state index contributed by atoms with van der Waals surface area (Å²) in [5.41, 5.74) is 19.2. The summed E-state index contributed by atoms with van der Waals surface area (Å²) >= 11 is 0. The van der Waals surface area contributed by atoms with Gasteiger partial charge < -0.3 is 0 Å². The number of benzene rings is 9. The van der Waals surface area contributed by atoms with E-state index in [4.69, 9.17) is 15.0 Å². The highest BCUT2D eigenvalue weighted by atomic mass is 35.5. The molecular formula is C72H50Cl2N6. The first-order chi connectivity index (χ1) is 38.7. The lowest BCUT2D eigenvalue weighted by molar-refractivity contribution is 1.38. The minimum atomic E-state index is 0. The van der Waals surface area contributed by atoms with Gasteiger partial charge in [0.25, 0.3) is 0 Å². The molecule has 0 unspecified atom stereocenters. The van der Waals surface area contributed by atoms with Crippen molar-refractivity contribution in [2.24, 2.45) is 0 Å². The molecule has 9 aromatic carbocycles. The molecule has 6 nitrogen and oxygen atoms in total. The summed E-state index contributed by atoms with van der Waals surface area (Å²) in [5.74, 6) is 0. The van der Waals surface area contributed by atoms with Crippen molar-refractivity contribution < 1.29 is 0 Å². The first kappa shape index (κ1) is 52.1. The van der Waals surface area contributed by atoms with E-state index in [1.54, 1.807) is 0 Å². The second-order valence-corrected chi connectivity index (χ2v) is 19.0. The average Bonchev–Trinajstić information content (AvgIpc) is 3.54. The minimum absolute atomic E-state index is 0. The van der Waals surface area contributed by atoms with Crippen molar-refractivity contribution in [3.8, 4) is 67.2 Å². The van der Waals surface area contributed by atoms with Crippen molar-refractivity contribution in [2.45, 2.75) is 0 Å². The molecule has 0 aliphatic rings. The maximum absolute atomic E-state index is 5.11. The van der Waals surface area contributed by atoms with Crippen LogP contribution in [0.4, 0.5) is 0 Å². The van der Waals surface area contributed by atoms with Crippen molar-refractivity contribution >= 4 is 90.2 Å². The average molecular weight is 1070 g/mol. The number of pyridine rings is 6. The molecule has 0 saturated carbocycles. The zero-order chi connectivity index (χ0) is 52.0. The summed E-state index contributed by atoms with van der Waals surface area (Å²) in [5, 5.41) is 6.64. The Bertz CT molecular complexity index is 4120. The number of hydrogen-bond donors (Lipinski definition) is 0. The molecule has 6 heterocycles. The van der Waals surface area contributed by atoms with Gasteiger partial charge in [-0.15, -0.1) is 24.8 Å². The Hall–Kier alpha value is -9.98. The Labute approximate surface area is 476 Å². The number of fused-ring (bicyclic) bond motifs is 9. The fourth-order valence-corrected chi connectivity index (χ4v) is 10.3. The topological polar surface area (TPSA) is 77.3 Å². The minimum Gasteiger partial charge on any atom is -0.256 e. The van der Waals surface area contributed by atoms with Crippen LogP contribution < -0.4 is 0 Å². The number of aromatic nitrogens is 6. The molecule has 0 radical (unpaired) electrons. The summed E-state index contributed by atoms with van der Waals surface area (Å²) in [6.07, 6.45) is 5.47. The van der Waals surface area contributed by atoms with Crippen LogP contribution in [0.2, 0.25) is 0 Å². The van der Waals surface area contributed by atoms with E-state index < -0.39 is 0 Å². The summed E-state index contributed by atoms with van der Waals surface area (Å²) in [6.45, 7) is 0. The van der Waals surface area contributed by atoms with Gasteiger partial charge in [0.15, 0.2) is 0 Å². The molecule has 0 spiro atoms. The van der Waals surface area contributed by atoms with Gasteiger partial charge in [-0.1, -0.05) is 200 Å². The molecule has 0 aliphatic carbocycles. The number of rotatable bonds is 6. The summed E-state index contributed by atoms with van der Waals surface area (Å²) < 4.78 is 0. The molecule has 0 atom stereocenters. The van der Waals surface area contributed by atoms with Gasteiger partial charge in [-0.05, 0) is 89.5 Å². The lowest BCUT2D eigenvalue weighted by atomic mass is 9.96. The Morgan fingerprint density at radius 1 is 0.212 bits per heavy atom. The van der Waals surface area contributed by atoms with Crippen molar-refractivity contribution in [2.75, 3.05) is 0 Å². The number of hydrogen-bond acceptors (Lipinski definition) is 6. The van der Waals surface area contributed by atoms with Crippen molar-refractivity contribution in [1.82, 2.24) is 29.9 Å². The van der Waals surface area contributed by atoms with Crippen LogP contribution in [-0.4, -0.2) is 29.9 Å². The second-order valence-electron chi connectivity index (χ2n) is 19.0. The van der Waals surface area contributed by atoms with Crippen LogP contribution in [0.25, 0.3) is 133 Å². The van der Waals surface area contributed by atoms with Gasteiger partial charge in [-0.2, -0.15) is 0 Å². The second kappa shape index (κ2) is 23.7. The first-order valence-corrected chi connectivity index (χ1v) is 26.1. The SMILES string of the molecule is Cl.Cl.c1ccc(-c2cc3ccc4ncccc4c3nc2-c2ccccc2)cc1.c1ccc(-c2cc3ccc4ncccc4c3nc2-c2ccccc2)cc1.c1ccc(-c2cc3ccc4ncccc4c3nc2-c2ccccc2)cc1. The molecule has 15 aromatic rings. The highest BCUT2D eigenvalue weighted by Crippen LogP contribution is 2.38. The standard InChI is InChI=1S/3C24H16N2.2ClH/c3*1-3-8-17(9-4-1)21-16-19-13-14-22-20(12-7-15-25-22)24(19)26-23(21)18-10-5-2-6-11-18;;/h3*1-16H;2*1H. The van der Waals surface area contributed by atoms with E-state index in [2.05, 4.69) is 233 Å². The van der Waals surface area contributed by atoms with Crippen LogP contribution in [0.5, 0.6) is 0 Å². The predicted molar refractivity (Wildman–Crippen MR) is 338 cm³/mol. The highest BCUT2D eigenvalue weighted by Gasteiger charge is 2.16. The van der Waals surface area contributed by atoms with E-state index >= 15 is 0 Å². The van der Waals surface area contributed by atoms with Crippen LogP contribution in [-0.2, 0) is 0 Å². The van der Waals surface area contributed by atoms with E-state index in [-0.39, 0.29) is 24.8 Å². The molecule has 0 aliphatic heterocycles. The van der Waals surface area contributed by atoms with E-state index in [0.29, 0.717) is 0 Å². The van der Waals surface area contributed by atoms with E-state index in [9.17, 15) is 0 Å². The molecule has 382 valence electrons. The molecule has 0 amide bonds. The summed E-state index contributed by atoms with van der Waals surface area (Å²) in [7, 11) is 0. The quantitative estimate of drug-likeness (QED) is 0.154. The summed E-state index contributed by atoms with van der Waals surface area (Å²) in [6, 6.07) is 93.9. The van der Waals surface area contributed by atoms with Crippen LogP contribution in [0.3, 0.4) is 0 Å². The largest absolute Gasteiger partial charge is 0.256 e. The monoisotopic (exact) mass is 1070 g/mol. The molecular weight excluding hydrogens is 1020 g/mol. The molecule has 0 saturated heterocycles. The van der Waals surface area contributed by atoms with Gasteiger partial charge in [0.1, 0.15) is 0 Å². The lowest BCUT2D eigenvalue weighted by Gasteiger charge is -2.12. The zero-order valence-corrected chi connectivity index (χ0v) is 44.8. The van der Waals surface area contributed by atoms with E-state index in [1.807, 2.05) is 73.2 Å². The normalized spacial score (nSPS) is 10.8.